The molecule has 0 aromatic carbocycles. The first-order valence-corrected chi connectivity index (χ1v) is 9.14. The second-order valence-corrected chi connectivity index (χ2v) is 7.04. The normalized spacial score (nSPS) is 23.3. The van der Waals surface area contributed by atoms with Crippen LogP contribution in [-0.4, -0.2) is 33.7 Å². The molecule has 2 unspecified atom stereocenters. The van der Waals surface area contributed by atoms with Crippen LogP contribution < -0.4 is 10.6 Å². The molecule has 3 rings (SSSR count). The van der Waals surface area contributed by atoms with Crippen molar-refractivity contribution < 1.29 is 4.42 Å². The van der Waals surface area contributed by atoms with Crippen molar-refractivity contribution in [1.29, 1.82) is 0 Å². The van der Waals surface area contributed by atoms with Crippen LogP contribution in [0.15, 0.2) is 27.8 Å². The zero-order chi connectivity index (χ0) is 17.6. The predicted molar refractivity (Wildman–Crippen MR) is 113 cm³/mol. The second kappa shape index (κ2) is 9.94. The van der Waals surface area contributed by atoms with Gasteiger partial charge in [-0.15, -0.1) is 29.1 Å². The van der Waals surface area contributed by atoms with Crippen LogP contribution in [0.3, 0.4) is 0 Å². The molecule has 0 amide bonds. The van der Waals surface area contributed by atoms with Gasteiger partial charge in [0.2, 0.25) is 5.82 Å². The molecule has 0 spiro atoms. The van der Waals surface area contributed by atoms with E-state index in [2.05, 4.69) is 51.6 Å². The molecule has 26 heavy (non-hydrogen) atoms. The van der Waals surface area contributed by atoms with Gasteiger partial charge in [0.15, 0.2) is 11.7 Å². The third-order valence-corrected chi connectivity index (χ3v) is 4.52. The Morgan fingerprint density at radius 1 is 1.31 bits per heavy atom. The lowest BCUT2D eigenvalue weighted by Crippen LogP contribution is -2.46. The highest BCUT2D eigenvalue weighted by molar-refractivity contribution is 14.0. The molecule has 0 radical (unpaired) electrons. The maximum atomic E-state index is 5.31. The van der Waals surface area contributed by atoms with Crippen molar-refractivity contribution in [3.05, 3.63) is 24.2 Å². The molecule has 3 N–H and O–H groups in total. The number of aliphatic imine (C=N–C) groups is 1. The number of guanidine groups is 1. The summed E-state index contributed by atoms with van der Waals surface area (Å²) in [6, 6.07) is 4.14. The van der Waals surface area contributed by atoms with Gasteiger partial charge in [-0.2, -0.15) is 0 Å². The minimum atomic E-state index is 0. The summed E-state index contributed by atoms with van der Waals surface area (Å²) in [5, 5.41) is 14.0. The lowest BCUT2D eigenvalue weighted by Gasteiger charge is -2.32. The van der Waals surface area contributed by atoms with Gasteiger partial charge < -0.3 is 15.1 Å². The fourth-order valence-corrected chi connectivity index (χ4v) is 3.61. The molecule has 2 aromatic heterocycles. The number of aromatic amines is 1. The summed E-state index contributed by atoms with van der Waals surface area (Å²) in [5.74, 6) is 4.28. The van der Waals surface area contributed by atoms with Crippen molar-refractivity contribution in [2.75, 3.05) is 6.54 Å². The molecule has 144 valence electrons. The number of halogens is 1. The number of nitrogens with one attached hydrogen (secondary N) is 3. The summed E-state index contributed by atoms with van der Waals surface area (Å²) in [6.45, 7) is 8.02. The smallest absolute Gasteiger partial charge is 0.216 e. The van der Waals surface area contributed by atoms with Crippen molar-refractivity contribution in [3.63, 3.8) is 0 Å². The minimum Gasteiger partial charge on any atom is -0.461 e. The molecule has 1 aliphatic carbocycles. The standard InChI is InChI=1S/C18H28N6O.HI/c1-4-19-18(21-14-9-12(2)8-13(3)10-14)20-11-16-22-17(24-23-16)15-6-5-7-25-15;/h5-7,12-14H,4,8-11H2,1-3H3,(H2,19,20,21)(H,22,23,24);1H. The van der Waals surface area contributed by atoms with E-state index >= 15 is 0 Å². The second-order valence-electron chi connectivity index (χ2n) is 7.04. The monoisotopic (exact) mass is 472 g/mol. The molecular weight excluding hydrogens is 443 g/mol. The van der Waals surface area contributed by atoms with E-state index in [1.165, 1.54) is 19.3 Å². The molecule has 2 aromatic rings. The van der Waals surface area contributed by atoms with Crippen molar-refractivity contribution in [3.8, 4) is 11.6 Å². The van der Waals surface area contributed by atoms with Gasteiger partial charge in [0.05, 0.1) is 6.26 Å². The summed E-state index contributed by atoms with van der Waals surface area (Å²) in [5.41, 5.74) is 0. The van der Waals surface area contributed by atoms with E-state index < -0.39 is 0 Å². The van der Waals surface area contributed by atoms with Crippen LogP contribution in [0.4, 0.5) is 0 Å². The Balaban J connectivity index is 0.00000243. The number of hydrogen-bond donors (Lipinski definition) is 3. The molecule has 1 saturated carbocycles. The summed E-state index contributed by atoms with van der Waals surface area (Å²) >= 11 is 0. The predicted octanol–water partition coefficient (Wildman–Crippen LogP) is 3.56. The zero-order valence-electron chi connectivity index (χ0n) is 15.7. The van der Waals surface area contributed by atoms with Gasteiger partial charge in [-0.05, 0) is 50.2 Å². The van der Waals surface area contributed by atoms with E-state index in [9.17, 15) is 0 Å². The van der Waals surface area contributed by atoms with Crippen molar-refractivity contribution >= 4 is 29.9 Å². The third kappa shape index (κ3) is 5.72. The Labute approximate surface area is 171 Å². The molecule has 1 aliphatic rings. The average Bonchev–Trinajstić information content (AvgIpc) is 3.23. The van der Waals surface area contributed by atoms with Crippen LogP contribution in [0.2, 0.25) is 0 Å². The number of aromatic nitrogens is 3. The van der Waals surface area contributed by atoms with Crippen LogP contribution >= 0.6 is 24.0 Å². The molecule has 8 heteroatoms. The summed E-state index contributed by atoms with van der Waals surface area (Å²) < 4.78 is 5.31. The number of H-pyrrole nitrogens is 1. The first-order valence-electron chi connectivity index (χ1n) is 9.14. The summed E-state index contributed by atoms with van der Waals surface area (Å²) in [6.07, 6.45) is 5.32. The Kier molecular flexibility index (Phi) is 7.92. The first kappa shape index (κ1) is 20.7. The molecular formula is C18H29IN6O. The van der Waals surface area contributed by atoms with Crippen molar-refractivity contribution in [2.45, 2.75) is 52.6 Å². The van der Waals surface area contributed by atoms with Crippen LogP contribution in [0, 0.1) is 11.8 Å². The topological polar surface area (TPSA) is 91.1 Å². The van der Waals surface area contributed by atoms with Gasteiger partial charge in [0.25, 0.3) is 0 Å². The number of furan rings is 1. The molecule has 0 aliphatic heterocycles. The molecule has 0 saturated heterocycles. The van der Waals surface area contributed by atoms with Crippen LogP contribution in [0.25, 0.3) is 11.6 Å². The van der Waals surface area contributed by atoms with E-state index in [1.54, 1.807) is 6.26 Å². The van der Waals surface area contributed by atoms with Crippen molar-refractivity contribution in [2.24, 2.45) is 16.8 Å². The highest BCUT2D eigenvalue weighted by Gasteiger charge is 2.24. The van der Waals surface area contributed by atoms with Crippen LogP contribution in [0.1, 0.15) is 45.9 Å². The summed E-state index contributed by atoms with van der Waals surface area (Å²) in [4.78, 5) is 9.09. The van der Waals surface area contributed by atoms with Crippen molar-refractivity contribution in [1.82, 2.24) is 25.8 Å². The van der Waals surface area contributed by atoms with E-state index in [0.29, 0.717) is 30.0 Å². The highest BCUT2D eigenvalue weighted by atomic mass is 127. The van der Waals surface area contributed by atoms with E-state index in [4.69, 9.17) is 4.42 Å². The Morgan fingerprint density at radius 2 is 2.08 bits per heavy atom. The Bertz CT molecular complexity index is 674. The van der Waals surface area contributed by atoms with Gasteiger partial charge in [-0.3, -0.25) is 5.10 Å². The fourth-order valence-electron chi connectivity index (χ4n) is 3.61. The van der Waals surface area contributed by atoms with Crippen LogP contribution in [-0.2, 0) is 6.54 Å². The molecule has 1 fully saturated rings. The molecule has 7 nitrogen and oxygen atoms in total. The lowest BCUT2D eigenvalue weighted by atomic mass is 9.80. The SMILES string of the molecule is CCNC(=NCc1nc(-c2ccco2)n[nH]1)NC1CC(C)CC(C)C1.I. The quantitative estimate of drug-likeness (QED) is 0.352. The zero-order valence-corrected chi connectivity index (χ0v) is 18.0. The summed E-state index contributed by atoms with van der Waals surface area (Å²) in [7, 11) is 0. The lowest BCUT2D eigenvalue weighted by molar-refractivity contribution is 0.255. The fraction of sp³-hybridized carbons (Fsp3) is 0.611. The van der Waals surface area contributed by atoms with Gasteiger partial charge >= 0.3 is 0 Å². The molecule has 2 atom stereocenters. The molecule has 0 bridgehead atoms. The maximum Gasteiger partial charge on any atom is 0.216 e. The number of hydrogen-bond acceptors (Lipinski definition) is 4. The van der Waals surface area contributed by atoms with Gasteiger partial charge in [-0.25, -0.2) is 9.98 Å². The Morgan fingerprint density at radius 3 is 2.73 bits per heavy atom. The molecule has 2 heterocycles. The number of rotatable bonds is 5. The Hall–Kier alpha value is -1.58. The minimum absolute atomic E-state index is 0. The number of nitrogens with zero attached hydrogens (tertiary/aromatic N) is 3. The first-order chi connectivity index (χ1) is 12.1. The van der Waals surface area contributed by atoms with Crippen LogP contribution in [0.5, 0.6) is 0 Å². The van der Waals surface area contributed by atoms with E-state index in [0.717, 1.165) is 24.3 Å². The highest BCUT2D eigenvalue weighted by Crippen LogP contribution is 2.28. The third-order valence-electron chi connectivity index (χ3n) is 4.52. The average molecular weight is 472 g/mol. The largest absolute Gasteiger partial charge is 0.461 e. The van der Waals surface area contributed by atoms with Gasteiger partial charge in [0.1, 0.15) is 12.4 Å². The van der Waals surface area contributed by atoms with E-state index in [1.807, 2.05) is 12.1 Å². The van der Waals surface area contributed by atoms with Gasteiger partial charge in [0, 0.05) is 12.6 Å². The van der Waals surface area contributed by atoms with E-state index in [-0.39, 0.29) is 24.0 Å². The van der Waals surface area contributed by atoms with Gasteiger partial charge in [-0.1, -0.05) is 13.8 Å². The maximum absolute atomic E-state index is 5.31.